The first-order valence-electron chi connectivity index (χ1n) is 9.80. The molecule has 29 heavy (non-hydrogen) atoms. The molecule has 0 aliphatic heterocycles. The average molecular weight is 384 g/mol. The second-order valence-corrected chi connectivity index (χ2v) is 7.65. The molecule has 0 radical (unpaired) electrons. The Morgan fingerprint density at radius 3 is 1.90 bits per heavy atom. The van der Waals surface area contributed by atoms with Crippen LogP contribution in [0.25, 0.3) is 11.1 Å². The first kappa shape index (κ1) is 18.9. The molecule has 0 spiro atoms. The van der Waals surface area contributed by atoms with E-state index in [1.165, 1.54) is 0 Å². The summed E-state index contributed by atoms with van der Waals surface area (Å²) in [4.78, 5) is 25.5. The van der Waals surface area contributed by atoms with Gasteiger partial charge in [-0.25, -0.2) is 0 Å². The zero-order chi connectivity index (χ0) is 20.5. The lowest BCUT2D eigenvalue weighted by molar-refractivity contribution is -0.127. The largest absolute Gasteiger partial charge is 0.368 e. The van der Waals surface area contributed by atoms with E-state index in [2.05, 4.69) is 5.32 Å². The third-order valence-corrected chi connectivity index (χ3v) is 5.81. The van der Waals surface area contributed by atoms with Crippen molar-refractivity contribution >= 4 is 11.8 Å². The van der Waals surface area contributed by atoms with Crippen molar-refractivity contribution in [2.45, 2.75) is 32.2 Å². The van der Waals surface area contributed by atoms with Gasteiger partial charge in [-0.3, -0.25) is 9.59 Å². The standard InChI is InChI=1S/C25H24N2O2/c1-15-8-7-9-16(2)21(15)14-22(24(26)28)27-25(29)23-19-12-5-3-10-17(19)18-11-4-6-13-20(18)23/h3-13,22-23H,14H2,1-2H3,(H2,26,28)(H,27,29)/t22-/m1/s1. The highest BCUT2D eigenvalue weighted by atomic mass is 16.2. The number of hydrogen-bond acceptors (Lipinski definition) is 2. The van der Waals surface area contributed by atoms with Crippen molar-refractivity contribution in [3.05, 3.63) is 94.5 Å². The summed E-state index contributed by atoms with van der Waals surface area (Å²) in [6.45, 7) is 4.01. The summed E-state index contributed by atoms with van der Waals surface area (Å²) in [5, 5.41) is 2.93. The van der Waals surface area contributed by atoms with Gasteiger partial charge in [0.1, 0.15) is 6.04 Å². The number of aryl methyl sites for hydroxylation is 2. The molecular weight excluding hydrogens is 360 g/mol. The molecule has 3 aromatic carbocycles. The molecule has 0 saturated heterocycles. The minimum Gasteiger partial charge on any atom is -0.368 e. The predicted octanol–water partition coefficient (Wildman–Crippen LogP) is 3.63. The van der Waals surface area contributed by atoms with Crippen LogP contribution in [0.4, 0.5) is 0 Å². The summed E-state index contributed by atoms with van der Waals surface area (Å²) >= 11 is 0. The van der Waals surface area contributed by atoms with Crippen LogP contribution in [-0.4, -0.2) is 17.9 Å². The number of carbonyl (C=O) groups is 2. The molecule has 0 fully saturated rings. The summed E-state index contributed by atoms with van der Waals surface area (Å²) in [7, 11) is 0. The van der Waals surface area contributed by atoms with Gasteiger partial charge in [0, 0.05) is 6.42 Å². The number of hydrogen-bond donors (Lipinski definition) is 2. The molecule has 1 atom stereocenters. The van der Waals surface area contributed by atoms with Crippen LogP contribution < -0.4 is 11.1 Å². The third kappa shape index (κ3) is 3.42. The van der Waals surface area contributed by atoms with E-state index < -0.39 is 17.9 Å². The topological polar surface area (TPSA) is 72.2 Å². The molecule has 0 unspecified atom stereocenters. The summed E-state index contributed by atoms with van der Waals surface area (Å²) in [6, 6.07) is 21.1. The predicted molar refractivity (Wildman–Crippen MR) is 114 cm³/mol. The number of fused-ring (bicyclic) bond motifs is 3. The van der Waals surface area contributed by atoms with Crippen LogP contribution in [0.3, 0.4) is 0 Å². The number of carbonyl (C=O) groups excluding carboxylic acids is 2. The van der Waals surface area contributed by atoms with Crippen molar-refractivity contribution in [1.82, 2.24) is 5.32 Å². The molecule has 0 heterocycles. The fourth-order valence-electron chi connectivity index (χ4n) is 4.29. The number of primary amides is 1. The molecule has 0 aromatic heterocycles. The Morgan fingerprint density at radius 2 is 1.38 bits per heavy atom. The molecule has 4 nitrogen and oxygen atoms in total. The normalized spacial score (nSPS) is 13.4. The van der Waals surface area contributed by atoms with E-state index in [4.69, 9.17) is 5.73 Å². The molecule has 2 amide bonds. The monoisotopic (exact) mass is 384 g/mol. The van der Waals surface area contributed by atoms with Crippen LogP contribution in [0.5, 0.6) is 0 Å². The van der Waals surface area contributed by atoms with Gasteiger partial charge in [-0.1, -0.05) is 66.7 Å². The van der Waals surface area contributed by atoms with Crippen LogP contribution in [0.15, 0.2) is 66.7 Å². The Bertz CT molecular complexity index is 1040. The van der Waals surface area contributed by atoms with Crippen molar-refractivity contribution < 1.29 is 9.59 Å². The van der Waals surface area contributed by atoms with Gasteiger partial charge >= 0.3 is 0 Å². The van der Waals surface area contributed by atoms with Crippen molar-refractivity contribution in [3.8, 4) is 11.1 Å². The van der Waals surface area contributed by atoms with E-state index >= 15 is 0 Å². The smallest absolute Gasteiger partial charge is 0.240 e. The maximum absolute atomic E-state index is 13.3. The molecule has 3 N–H and O–H groups in total. The molecule has 1 aliphatic carbocycles. The first-order valence-corrected chi connectivity index (χ1v) is 9.80. The summed E-state index contributed by atoms with van der Waals surface area (Å²) < 4.78 is 0. The van der Waals surface area contributed by atoms with Crippen LogP contribution in [-0.2, 0) is 16.0 Å². The van der Waals surface area contributed by atoms with Crippen LogP contribution >= 0.6 is 0 Å². The van der Waals surface area contributed by atoms with E-state index in [1.54, 1.807) is 0 Å². The molecule has 3 aromatic rings. The molecule has 4 heteroatoms. The van der Waals surface area contributed by atoms with Crippen molar-refractivity contribution in [2.24, 2.45) is 5.73 Å². The van der Waals surface area contributed by atoms with Gasteiger partial charge in [-0.15, -0.1) is 0 Å². The van der Waals surface area contributed by atoms with Gasteiger partial charge < -0.3 is 11.1 Å². The average Bonchev–Trinajstić information content (AvgIpc) is 3.04. The SMILES string of the molecule is Cc1cccc(C)c1C[C@@H](NC(=O)C1c2ccccc2-c2ccccc21)C(N)=O. The number of nitrogens with one attached hydrogen (secondary N) is 1. The number of rotatable bonds is 5. The summed E-state index contributed by atoms with van der Waals surface area (Å²) in [6.07, 6.45) is 0.385. The molecule has 0 bridgehead atoms. The third-order valence-electron chi connectivity index (χ3n) is 5.81. The Kier molecular flexibility index (Phi) is 4.93. The van der Waals surface area contributed by atoms with E-state index in [0.717, 1.165) is 38.9 Å². The maximum Gasteiger partial charge on any atom is 0.240 e. The second-order valence-electron chi connectivity index (χ2n) is 7.65. The number of amides is 2. The maximum atomic E-state index is 13.3. The molecule has 4 rings (SSSR count). The Morgan fingerprint density at radius 1 is 0.862 bits per heavy atom. The molecular formula is C25H24N2O2. The van der Waals surface area contributed by atoms with Crippen LogP contribution in [0.2, 0.25) is 0 Å². The fourth-order valence-corrected chi connectivity index (χ4v) is 4.29. The highest BCUT2D eigenvalue weighted by molar-refractivity contribution is 5.98. The minimum absolute atomic E-state index is 0.197. The Balaban J connectivity index is 1.65. The first-order chi connectivity index (χ1) is 14.0. The highest BCUT2D eigenvalue weighted by Crippen LogP contribution is 2.44. The van der Waals surface area contributed by atoms with Gasteiger partial charge in [0.05, 0.1) is 5.92 Å². The Labute approximate surface area is 170 Å². The molecule has 1 aliphatic rings. The fraction of sp³-hybridized carbons (Fsp3) is 0.200. The van der Waals surface area contributed by atoms with Crippen molar-refractivity contribution in [1.29, 1.82) is 0 Å². The molecule has 0 saturated carbocycles. The van der Waals surface area contributed by atoms with E-state index in [1.807, 2.05) is 80.6 Å². The summed E-state index contributed by atoms with van der Waals surface area (Å²) in [5.41, 5.74) is 12.9. The Hall–Kier alpha value is -3.40. The molecule has 146 valence electrons. The lowest BCUT2D eigenvalue weighted by Crippen LogP contribution is -2.47. The second kappa shape index (κ2) is 7.55. The lowest BCUT2D eigenvalue weighted by atomic mass is 9.93. The van der Waals surface area contributed by atoms with Gasteiger partial charge in [0.2, 0.25) is 11.8 Å². The zero-order valence-electron chi connectivity index (χ0n) is 16.6. The quantitative estimate of drug-likeness (QED) is 0.705. The van der Waals surface area contributed by atoms with Gasteiger partial charge in [0.15, 0.2) is 0 Å². The van der Waals surface area contributed by atoms with Crippen molar-refractivity contribution in [2.75, 3.05) is 0 Å². The van der Waals surface area contributed by atoms with E-state index in [0.29, 0.717) is 6.42 Å². The van der Waals surface area contributed by atoms with Gasteiger partial charge in [-0.05, 0) is 52.8 Å². The van der Waals surface area contributed by atoms with Crippen LogP contribution in [0.1, 0.15) is 33.7 Å². The number of nitrogens with two attached hydrogens (primary N) is 1. The minimum atomic E-state index is -0.762. The van der Waals surface area contributed by atoms with Gasteiger partial charge in [0.25, 0.3) is 0 Å². The van der Waals surface area contributed by atoms with Gasteiger partial charge in [-0.2, -0.15) is 0 Å². The van der Waals surface area contributed by atoms with Crippen molar-refractivity contribution in [3.63, 3.8) is 0 Å². The number of benzene rings is 3. The highest BCUT2D eigenvalue weighted by Gasteiger charge is 2.35. The van der Waals surface area contributed by atoms with E-state index in [-0.39, 0.29) is 5.91 Å². The van der Waals surface area contributed by atoms with E-state index in [9.17, 15) is 9.59 Å². The lowest BCUT2D eigenvalue weighted by Gasteiger charge is -2.21. The van der Waals surface area contributed by atoms with Crippen LogP contribution in [0, 0.1) is 13.8 Å². The zero-order valence-corrected chi connectivity index (χ0v) is 16.6. The summed E-state index contributed by atoms with van der Waals surface area (Å²) in [5.74, 6) is -1.17.